The fourth-order valence-electron chi connectivity index (χ4n) is 3.88. The van der Waals surface area contributed by atoms with Gasteiger partial charge in [-0.3, -0.25) is 4.79 Å². The number of halogens is 2. The molecule has 0 spiro atoms. The molecule has 29 heavy (non-hydrogen) atoms. The molecular weight excluding hydrogens is 435 g/mol. The van der Waals surface area contributed by atoms with Crippen LogP contribution in [0.15, 0.2) is 29.2 Å². The van der Waals surface area contributed by atoms with Gasteiger partial charge in [0.25, 0.3) is 0 Å². The van der Waals surface area contributed by atoms with Crippen molar-refractivity contribution < 1.29 is 13.2 Å². The monoisotopic (exact) mass is 466 g/mol. The van der Waals surface area contributed by atoms with Crippen molar-refractivity contribution in [2.75, 3.05) is 38.0 Å². The molecule has 1 aliphatic carbocycles. The lowest BCUT2D eigenvalue weighted by molar-refractivity contribution is -0.120. The van der Waals surface area contributed by atoms with Gasteiger partial charge in [-0.05, 0) is 44.0 Å². The Hall–Kier alpha value is -0.900. The normalized spacial score (nSPS) is 23.5. The summed E-state index contributed by atoms with van der Waals surface area (Å²) in [7, 11) is -3.55. The molecule has 0 aromatic heterocycles. The molecule has 0 bridgehead atoms. The molecule has 166 valence electrons. The van der Waals surface area contributed by atoms with Gasteiger partial charge in [-0.1, -0.05) is 19.4 Å². The number of rotatable bonds is 5. The van der Waals surface area contributed by atoms with Gasteiger partial charge in [0, 0.05) is 43.8 Å². The number of amides is 1. The SMILES string of the molecule is CCN1CCN(S(=O)(=O)c2cccc(NC(=O)C3CCCC(N)C3)c2)CC1.Cl.Cl. The third kappa shape index (κ3) is 6.54. The van der Waals surface area contributed by atoms with Crippen molar-refractivity contribution in [2.24, 2.45) is 11.7 Å². The number of benzene rings is 1. The summed E-state index contributed by atoms with van der Waals surface area (Å²) in [5.74, 6) is -0.174. The van der Waals surface area contributed by atoms with Gasteiger partial charge in [0.15, 0.2) is 0 Å². The van der Waals surface area contributed by atoms with Crippen LogP contribution in [0.4, 0.5) is 5.69 Å². The maximum Gasteiger partial charge on any atom is 0.243 e. The predicted octanol–water partition coefficient (Wildman–Crippen LogP) is 2.31. The third-order valence-electron chi connectivity index (χ3n) is 5.60. The summed E-state index contributed by atoms with van der Waals surface area (Å²) in [5, 5.41) is 2.88. The summed E-state index contributed by atoms with van der Waals surface area (Å²) in [5.41, 5.74) is 6.49. The van der Waals surface area contributed by atoms with Crippen molar-refractivity contribution in [3.63, 3.8) is 0 Å². The number of likely N-dealkylation sites (N-methyl/N-ethyl adjacent to an activating group) is 1. The number of piperazine rings is 1. The molecule has 2 fully saturated rings. The molecule has 2 unspecified atom stereocenters. The quantitative estimate of drug-likeness (QED) is 0.693. The van der Waals surface area contributed by atoms with Gasteiger partial charge in [-0.2, -0.15) is 4.31 Å². The van der Waals surface area contributed by atoms with Crippen molar-refractivity contribution in [3.8, 4) is 0 Å². The van der Waals surface area contributed by atoms with Gasteiger partial charge in [-0.25, -0.2) is 8.42 Å². The Kier molecular flexibility index (Phi) is 10.3. The van der Waals surface area contributed by atoms with Gasteiger partial charge in [0.2, 0.25) is 15.9 Å². The van der Waals surface area contributed by atoms with E-state index in [1.807, 2.05) is 0 Å². The van der Waals surface area contributed by atoms with Crippen LogP contribution in [0, 0.1) is 5.92 Å². The first-order chi connectivity index (χ1) is 12.9. The third-order valence-corrected chi connectivity index (χ3v) is 7.50. The first kappa shape index (κ1) is 26.1. The second-order valence-corrected chi connectivity index (χ2v) is 9.42. The largest absolute Gasteiger partial charge is 0.328 e. The smallest absolute Gasteiger partial charge is 0.243 e. The first-order valence-corrected chi connectivity index (χ1v) is 11.2. The highest BCUT2D eigenvalue weighted by Crippen LogP contribution is 2.26. The summed E-state index contributed by atoms with van der Waals surface area (Å²) in [6.45, 7) is 5.48. The van der Waals surface area contributed by atoms with Gasteiger partial charge >= 0.3 is 0 Å². The van der Waals surface area contributed by atoms with Gasteiger partial charge in [0.05, 0.1) is 4.90 Å². The molecule has 1 amide bonds. The van der Waals surface area contributed by atoms with Gasteiger partial charge in [-0.15, -0.1) is 24.8 Å². The molecule has 1 saturated heterocycles. The van der Waals surface area contributed by atoms with Crippen LogP contribution < -0.4 is 11.1 Å². The van der Waals surface area contributed by atoms with E-state index in [0.717, 1.165) is 38.9 Å². The number of nitrogens with two attached hydrogens (primary N) is 1. The average Bonchev–Trinajstić information content (AvgIpc) is 2.68. The zero-order valence-electron chi connectivity index (χ0n) is 16.7. The topological polar surface area (TPSA) is 95.7 Å². The Morgan fingerprint density at radius 2 is 1.86 bits per heavy atom. The number of hydrogen-bond acceptors (Lipinski definition) is 5. The lowest BCUT2D eigenvalue weighted by atomic mass is 9.85. The molecule has 3 rings (SSSR count). The highest BCUT2D eigenvalue weighted by Gasteiger charge is 2.29. The van der Waals surface area contributed by atoms with Crippen LogP contribution in [0.5, 0.6) is 0 Å². The first-order valence-electron chi connectivity index (χ1n) is 9.79. The zero-order valence-corrected chi connectivity index (χ0v) is 19.2. The van der Waals surface area contributed by atoms with E-state index in [2.05, 4.69) is 17.1 Å². The summed E-state index contributed by atoms with van der Waals surface area (Å²) >= 11 is 0. The standard InChI is InChI=1S/C19H30N4O3S.2ClH/c1-2-22-9-11-23(12-10-22)27(25,26)18-8-4-7-17(14-18)21-19(24)15-5-3-6-16(20)13-15;;/h4,7-8,14-16H,2-3,5-6,9-13,20H2,1H3,(H,21,24);2*1H. The van der Waals surface area contributed by atoms with E-state index >= 15 is 0 Å². The van der Waals surface area contributed by atoms with E-state index in [4.69, 9.17) is 5.73 Å². The van der Waals surface area contributed by atoms with Crippen LogP contribution in [0.2, 0.25) is 0 Å². The molecule has 1 saturated carbocycles. The van der Waals surface area contributed by atoms with Crippen LogP contribution in [0.3, 0.4) is 0 Å². The highest BCUT2D eigenvalue weighted by molar-refractivity contribution is 7.89. The Labute approximate surface area is 186 Å². The van der Waals surface area contributed by atoms with Crippen LogP contribution in [0.1, 0.15) is 32.6 Å². The Bertz CT molecular complexity index is 770. The lowest BCUT2D eigenvalue weighted by Gasteiger charge is -2.33. The molecule has 1 aromatic rings. The van der Waals surface area contributed by atoms with Crippen LogP contribution in [-0.2, 0) is 14.8 Å². The molecule has 1 aromatic carbocycles. The lowest BCUT2D eigenvalue weighted by Crippen LogP contribution is -2.48. The van der Waals surface area contributed by atoms with Crippen LogP contribution in [0.25, 0.3) is 0 Å². The van der Waals surface area contributed by atoms with Crippen molar-refractivity contribution >= 4 is 46.4 Å². The Morgan fingerprint density at radius 1 is 1.17 bits per heavy atom. The molecule has 0 radical (unpaired) electrons. The number of sulfonamides is 1. The Morgan fingerprint density at radius 3 is 2.48 bits per heavy atom. The van der Waals surface area contributed by atoms with E-state index in [1.54, 1.807) is 24.3 Å². The van der Waals surface area contributed by atoms with E-state index < -0.39 is 10.0 Å². The number of hydrogen-bond donors (Lipinski definition) is 2. The van der Waals surface area contributed by atoms with Gasteiger partial charge < -0.3 is 16.0 Å². The average molecular weight is 467 g/mol. The van der Waals surface area contributed by atoms with Crippen LogP contribution in [-0.4, -0.2) is 62.3 Å². The van der Waals surface area contributed by atoms with Crippen molar-refractivity contribution in [1.29, 1.82) is 0 Å². The molecular formula is C19H32Cl2N4O3S. The summed E-state index contributed by atoms with van der Waals surface area (Å²) in [4.78, 5) is 15.0. The number of carbonyl (C=O) groups is 1. The minimum Gasteiger partial charge on any atom is -0.328 e. The highest BCUT2D eigenvalue weighted by atomic mass is 35.5. The second kappa shape index (κ2) is 11.5. The summed E-state index contributed by atoms with van der Waals surface area (Å²) in [6, 6.07) is 6.63. The number of nitrogens with one attached hydrogen (secondary N) is 1. The van der Waals surface area contributed by atoms with Crippen LogP contribution >= 0.6 is 24.8 Å². The zero-order chi connectivity index (χ0) is 19.4. The van der Waals surface area contributed by atoms with Crippen molar-refractivity contribution in [2.45, 2.75) is 43.5 Å². The van der Waals surface area contributed by atoms with Crippen molar-refractivity contribution in [3.05, 3.63) is 24.3 Å². The number of nitrogens with zero attached hydrogens (tertiary/aromatic N) is 2. The molecule has 3 N–H and O–H groups in total. The molecule has 7 nitrogen and oxygen atoms in total. The molecule has 2 aliphatic rings. The molecule has 10 heteroatoms. The van der Waals surface area contributed by atoms with E-state index in [-0.39, 0.29) is 47.6 Å². The number of carbonyl (C=O) groups excluding carboxylic acids is 1. The second-order valence-electron chi connectivity index (χ2n) is 7.48. The maximum absolute atomic E-state index is 12.9. The van der Waals surface area contributed by atoms with E-state index in [0.29, 0.717) is 25.2 Å². The van der Waals surface area contributed by atoms with E-state index in [9.17, 15) is 13.2 Å². The molecule has 1 aliphatic heterocycles. The number of anilines is 1. The van der Waals surface area contributed by atoms with Gasteiger partial charge in [0.1, 0.15) is 0 Å². The molecule has 1 heterocycles. The fourth-order valence-corrected chi connectivity index (χ4v) is 5.35. The van der Waals surface area contributed by atoms with Crippen molar-refractivity contribution in [1.82, 2.24) is 9.21 Å². The minimum absolute atomic E-state index is 0. The van der Waals surface area contributed by atoms with E-state index in [1.165, 1.54) is 4.31 Å². The minimum atomic E-state index is -3.55. The predicted molar refractivity (Wildman–Crippen MR) is 120 cm³/mol. The molecule has 2 atom stereocenters. The maximum atomic E-state index is 12.9. The Balaban J connectivity index is 0.00000210. The fraction of sp³-hybridized carbons (Fsp3) is 0.632. The summed E-state index contributed by atoms with van der Waals surface area (Å²) < 4.78 is 27.4. The summed E-state index contributed by atoms with van der Waals surface area (Å²) in [6.07, 6.45) is 3.44.